The second-order valence-corrected chi connectivity index (χ2v) is 5.28. The van der Waals surface area contributed by atoms with Crippen molar-refractivity contribution in [2.75, 3.05) is 6.54 Å². The Bertz CT molecular complexity index is 498. The zero-order valence-electron chi connectivity index (χ0n) is 12.4. The summed E-state index contributed by atoms with van der Waals surface area (Å²) >= 11 is 0. The Morgan fingerprint density at radius 3 is 2.68 bits per heavy atom. The fourth-order valence-corrected chi connectivity index (χ4v) is 2.29. The first-order valence-electron chi connectivity index (χ1n) is 7.48. The summed E-state index contributed by atoms with van der Waals surface area (Å²) in [7, 11) is 0. The average Bonchev–Trinajstić information content (AvgIpc) is 2.99. The zero-order valence-corrected chi connectivity index (χ0v) is 12.4. The standard InChI is InChI=1S/C15H21N3O4/c19-14(20)7-8-16-15(21)18-10-11-5-6-13(17-9-11)22-12-3-1-2-4-12/h5-6,9,12H,1-4,7-8,10H2,(H,19,20)(H2,16,18,21). The molecule has 1 aromatic heterocycles. The summed E-state index contributed by atoms with van der Waals surface area (Å²) in [4.78, 5) is 26.0. The van der Waals surface area contributed by atoms with Gasteiger partial charge in [0.2, 0.25) is 5.88 Å². The fraction of sp³-hybridized carbons (Fsp3) is 0.533. The molecule has 2 rings (SSSR count). The van der Waals surface area contributed by atoms with Gasteiger partial charge in [0, 0.05) is 25.4 Å². The lowest BCUT2D eigenvalue weighted by Gasteiger charge is -2.12. The number of carbonyl (C=O) groups is 2. The van der Waals surface area contributed by atoms with E-state index >= 15 is 0 Å². The highest BCUT2D eigenvalue weighted by molar-refractivity contribution is 5.74. The number of pyridine rings is 1. The van der Waals surface area contributed by atoms with Crippen LogP contribution in [0.5, 0.6) is 5.88 Å². The molecule has 0 saturated heterocycles. The largest absolute Gasteiger partial charge is 0.481 e. The van der Waals surface area contributed by atoms with E-state index in [1.807, 2.05) is 6.07 Å². The van der Waals surface area contributed by atoms with E-state index in [-0.39, 0.29) is 19.1 Å². The summed E-state index contributed by atoms with van der Waals surface area (Å²) in [6.45, 7) is 0.434. The Kier molecular flexibility index (Phi) is 6.00. The van der Waals surface area contributed by atoms with Crippen molar-refractivity contribution in [1.29, 1.82) is 0 Å². The summed E-state index contributed by atoms with van der Waals surface area (Å²) in [5, 5.41) is 13.6. The number of carboxylic acid groups (broad SMARTS) is 1. The van der Waals surface area contributed by atoms with E-state index in [9.17, 15) is 9.59 Å². The smallest absolute Gasteiger partial charge is 0.315 e. The highest BCUT2D eigenvalue weighted by Gasteiger charge is 2.16. The van der Waals surface area contributed by atoms with E-state index in [0.717, 1.165) is 18.4 Å². The second kappa shape index (κ2) is 8.21. The number of carbonyl (C=O) groups excluding carboxylic acids is 1. The predicted molar refractivity (Wildman–Crippen MR) is 79.6 cm³/mol. The summed E-state index contributed by atoms with van der Waals surface area (Å²) in [5.41, 5.74) is 0.854. The topological polar surface area (TPSA) is 101 Å². The molecule has 0 atom stereocenters. The summed E-state index contributed by atoms with van der Waals surface area (Å²) < 4.78 is 5.77. The molecule has 1 aromatic rings. The van der Waals surface area contributed by atoms with Crippen LogP contribution in [-0.2, 0) is 11.3 Å². The van der Waals surface area contributed by atoms with Crippen LogP contribution >= 0.6 is 0 Å². The second-order valence-electron chi connectivity index (χ2n) is 5.28. The molecule has 1 heterocycles. The van der Waals surface area contributed by atoms with Crippen molar-refractivity contribution in [2.45, 2.75) is 44.8 Å². The first-order chi connectivity index (χ1) is 10.6. The van der Waals surface area contributed by atoms with Crippen LogP contribution in [0, 0.1) is 0 Å². The maximum Gasteiger partial charge on any atom is 0.315 e. The molecular weight excluding hydrogens is 286 g/mol. The van der Waals surface area contributed by atoms with Crippen LogP contribution in [0.2, 0.25) is 0 Å². The van der Waals surface area contributed by atoms with Crippen molar-refractivity contribution >= 4 is 12.0 Å². The molecule has 1 fully saturated rings. The molecule has 7 heteroatoms. The third kappa shape index (κ3) is 5.59. The molecule has 2 amide bonds. The number of hydrogen-bond donors (Lipinski definition) is 3. The quantitative estimate of drug-likeness (QED) is 0.711. The van der Waals surface area contributed by atoms with E-state index in [2.05, 4.69) is 15.6 Å². The summed E-state index contributed by atoms with van der Waals surface area (Å²) in [5.74, 6) is -0.330. The highest BCUT2D eigenvalue weighted by Crippen LogP contribution is 2.22. The first kappa shape index (κ1) is 16.1. The van der Waals surface area contributed by atoms with Crippen LogP contribution in [0.15, 0.2) is 18.3 Å². The maximum atomic E-state index is 11.4. The minimum absolute atomic E-state index is 0.0951. The van der Waals surface area contributed by atoms with E-state index in [1.54, 1.807) is 12.3 Å². The van der Waals surface area contributed by atoms with Crippen molar-refractivity contribution < 1.29 is 19.4 Å². The lowest BCUT2D eigenvalue weighted by molar-refractivity contribution is -0.136. The van der Waals surface area contributed by atoms with Gasteiger partial charge in [0.25, 0.3) is 0 Å². The monoisotopic (exact) mass is 307 g/mol. The molecule has 1 saturated carbocycles. The van der Waals surface area contributed by atoms with Gasteiger partial charge in [0.05, 0.1) is 6.42 Å². The first-order valence-corrected chi connectivity index (χ1v) is 7.48. The number of amides is 2. The van der Waals surface area contributed by atoms with Gasteiger partial charge in [-0.25, -0.2) is 9.78 Å². The minimum Gasteiger partial charge on any atom is -0.481 e. The Morgan fingerprint density at radius 1 is 1.27 bits per heavy atom. The zero-order chi connectivity index (χ0) is 15.8. The highest BCUT2D eigenvalue weighted by atomic mass is 16.5. The normalized spacial score (nSPS) is 14.5. The Balaban J connectivity index is 1.69. The van der Waals surface area contributed by atoms with Crippen molar-refractivity contribution in [1.82, 2.24) is 15.6 Å². The molecule has 0 unspecified atom stereocenters. The summed E-state index contributed by atoms with van der Waals surface area (Å²) in [6, 6.07) is 3.26. The van der Waals surface area contributed by atoms with Crippen molar-refractivity contribution in [2.24, 2.45) is 0 Å². The third-order valence-electron chi connectivity index (χ3n) is 3.46. The van der Waals surface area contributed by atoms with Crippen molar-refractivity contribution in [3.63, 3.8) is 0 Å². The van der Waals surface area contributed by atoms with E-state index in [1.165, 1.54) is 12.8 Å². The van der Waals surface area contributed by atoms with Crippen LogP contribution in [-0.4, -0.2) is 34.7 Å². The minimum atomic E-state index is -0.942. The van der Waals surface area contributed by atoms with Crippen LogP contribution in [0.4, 0.5) is 4.79 Å². The van der Waals surface area contributed by atoms with Gasteiger partial charge in [0.15, 0.2) is 0 Å². The molecule has 1 aliphatic carbocycles. The molecule has 1 aliphatic rings. The number of aliphatic carboxylic acids is 1. The molecule has 22 heavy (non-hydrogen) atoms. The molecule has 0 radical (unpaired) electrons. The van der Waals surface area contributed by atoms with Gasteiger partial charge in [0.1, 0.15) is 6.10 Å². The number of nitrogens with one attached hydrogen (secondary N) is 2. The van der Waals surface area contributed by atoms with Crippen molar-refractivity contribution in [3.05, 3.63) is 23.9 Å². The predicted octanol–water partition coefficient (Wildman–Crippen LogP) is 1.68. The molecule has 120 valence electrons. The summed E-state index contributed by atoms with van der Waals surface area (Å²) in [6.07, 6.45) is 6.44. The van der Waals surface area contributed by atoms with Crippen LogP contribution in [0.25, 0.3) is 0 Å². The molecule has 0 aromatic carbocycles. The van der Waals surface area contributed by atoms with Gasteiger partial charge in [-0.05, 0) is 31.2 Å². The SMILES string of the molecule is O=C(O)CCNC(=O)NCc1ccc(OC2CCCC2)nc1. The van der Waals surface area contributed by atoms with Gasteiger partial charge >= 0.3 is 12.0 Å². The van der Waals surface area contributed by atoms with Crippen LogP contribution in [0.3, 0.4) is 0 Å². The van der Waals surface area contributed by atoms with Gasteiger partial charge < -0.3 is 20.5 Å². The van der Waals surface area contributed by atoms with Gasteiger partial charge in [-0.15, -0.1) is 0 Å². The third-order valence-corrected chi connectivity index (χ3v) is 3.46. The molecular formula is C15H21N3O4. The van der Waals surface area contributed by atoms with Crippen molar-refractivity contribution in [3.8, 4) is 5.88 Å². The Hall–Kier alpha value is -2.31. The van der Waals surface area contributed by atoms with E-state index < -0.39 is 12.0 Å². The number of nitrogens with zero attached hydrogens (tertiary/aromatic N) is 1. The lowest BCUT2D eigenvalue weighted by Crippen LogP contribution is -2.36. The van der Waals surface area contributed by atoms with E-state index in [4.69, 9.17) is 9.84 Å². The number of rotatable bonds is 7. The number of hydrogen-bond acceptors (Lipinski definition) is 4. The molecule has 7 nitrogen and oxygen atoms in total. The van der Waals surface area contributed by atoms with E-state index in [0.29, 0.717) is 12.4 Å². The number of ether oxygens (including phenoxy) is 1. The van der Waals surface area contributed by atoms with Crippen LogP contribution in [0.1, 0.15) is 37.7 Å². The lowest BCUT2D eigenvalue weighted by atomic mass is 10.3. The number of carboxylic acids is 1. The van der Waals surface area contributed by atoms with Gasteiger partial charge in [-0.2, -0.15) is 0 Å². The molecule has 0 spiro atoms. The molecule has 0 aliphatic heterocycles. The molecule has 3 N–H and O–H groups in total. The van der Waals surface area contributed by atoms with Gasteiger partial charge in [-0.3, -0.25) is 4.79 Å². The Morgan fingerprint density at radius 2 is 2.05 bits per heavy atom. The average molecular weight is 307 g/mol. The van der Waals surface area contributed by atoms with Crippen LogP contribution < -0.4 is 15.4 Å². The van der Waals surface area contributed by atoms with Gasteiger partial charge in [-0.1, -0.05) is 6.07 Å². The molecule has 0 bridgehead atoms. The maximum absolute atomic E-state index is 11.4. The number of aromatic nitrogens is 1. The fourth-order valence-electron chi connectivity index (χ4n) is 2.29. The number of urea groups is 1. The Labute approximate surface area is 129 Å².